The minimum absolute atomic E-state index is 0.518. The van der Waals surface area contributed by atoms with Crippen molar-refractivity contribution in [3.8, 4) is 10.6 Å². The lowest BCUT2D eigenvalue weighted by atomic mass is 9.98. The van der Waals surface area contributed by atoms with Crippen LogP contribution >= 0.6 is 22.9 Å². The minimum atomic E-state index is 0.518. The Morgan fingerprint density at radius 1 is 1.35 bits per heavy atom. The predicted octanol–water partition coefficient (Wildman–Crippen LogP) is 4.00. The Morgan fingerprint density at radius 2 is 2.15 bits per heavy atom. The molecule has 3 atom stereocenters. The summed E-state index contributed by atoms with van der Waals surface area (Å²) >= 11 is 3.08. The Labute approximate surface area is 127 Å². The maximum atomic E-state index is 6.04. The largest absolute Gasteiger partial charge is 0.382 e. The molecule has 0 amide bonds. The topological polar surface area (TPSA) is 63.8 Å². The molecular formula is C14H20N4S2. The molecule has 0 aliphatic heterocycles. The van der Waals surface area contributed by atoms with Gasteiger partial charge in [-0.15, -0.1) is 11.3 Å². The summed E-state index contributed by atoms with van der Waals surface area (Å²) in [6.45, 7) is 6.66. The number of thiazole rings is 1. The average molecular weight is 308 g/mol. The fraction of sp³-hybridized carbons (Fsp3) is 0.571. The van der Waals surface area contributed by atoms with Gasteiger partial charge in [0.1, 0.15) is 15.8 Å². The molecule has 2 heterocycles. The third-order valence-corrected chi connectivity index (χ3v) is 6.10. The van der Waals surface area contributed by atoms with Crippen LogP contribution in [-0.4, -0.2) is 15.4 Å². The first kappa shape index (κ1) is 13.8. The van der Waals surface area contributed by atoms with Gasteiger partial charge in [-0.05, 0) is 43.1 Å². The number of hydrogen-bond acceptors (Lipinski definition) is 6. The molecule has 0 aromatic carbocycles. The zero-order valence-electron chi connectivity index (χ0n) is 12.0. The highest BCUT2D eigenvalue weighted by molar-refractivity contribution is 7.15. The monoisotopic (exact) mass is 308 g/mol. The lowest BCUT2D eigenvalue weighted by Crippen LogP contribution is -2.23. The van der Waals surface area contributed by atoms with E-state index in [1.165, 1.54) is 24.4 Å². The van der Waals surface area contributed by atoms with Crippen LogP contribution in [-0.2, 0) is 0 Å². The fourth-order valence-corrected chi connectivity index (χ4v) is 4.51. The number of nitrogens with one attached hydrogen (secondary N) is 1. The highest BCUT2D eigenvalue weighted by atomic mass is 32.1. The van der Waals surface area contributed by atoms with Gasteiger partial charge in [-0.1, -0.05) is 13.8 Å². The van der Waals surface area contributed by atoms with Crippen molar-refractivity contribution in [2.75, 3.05) is 11.1 Å². The summed E-state index contributed by atoms with van der Waals surface area (Å²) in [6, 6.07) is 0.518. The summed E-state index contributed by atoms with van der Waals surface area (Å²) < 4.78 is 4.31. The van der Waals surface area contributed by atoms with Crippen LogP contribution in [0.5, 0.6) is 0 Å². The Bertz CT molecular complexity index is 604. The summed E-state index contributed by atoms with van der Waals surface area (Å²) in [6.07, 6.45) is 2.51. The number of nitrogens with two attached hydrogens (primary N) is 1. The van der Waals surface area contributed by atoms with Crippen molar-refractivity contribution in [2.45, 2.75) is 39.7 Å². The molecule has 2 aromatic heterocycles. The summed E-state index contributed by atoms with van der Waals surface area (Å²) in [5.74, 6) is 2.05. The van der Waals surface area contributed by atoms with Gasteiger partial charge < -0.3 is 11.1 Å². The van der Waals surface area contributed by atoms with E-state index in [4.69, 9.17) is 5.73 Å². The summed E-state index contributed by atoms with van der Waals surface area (Å²) in [5.41, 5.74) is 8.06. The van der Waals surface area contributed by atoms with Crippen molar-refractivity contribution in [1.82, 2.24) is 9.36 Å². The molecule has 1 fully saturated rings. The highest BCUT2D eigenvalue weighted by Crippen LogP contribution is 2.41. The van der Waals surface area contributed by atoms with Crippen molar-refractivity contribution in [3.63, 3.8) is 0 Å². The third kappa shape index (κ3) is 2.42. The van der Waals surface area contributed by atoms with Gasteiger partial charge in [-0.25, -0.2) is 4.98 Å². The minimum Gasteiger partial charge on any atom is -0.382 e. The molecule has 3 rings (SSSR count). The van der Waals surface area contributed by atoms with Crippen molar-refractivity contribution in [3.05, 3.63) is 11.1 Å². The van der Waals surface area contributed by atoms with Crippen LogP contribution in [0.2, 0.25) is 0 Å². The number of aromatic nitrogens is 2. The van der Waals surface area contributed by atoms with Crippen molar-refractivity contribution < 1.29 is 0 Å². The molecule has 0 bridgehead atoms. The lowest BCUT2D eigenvalue weighted by Gasteiger charge is -2.20. The van der Waals surface area contributed by atoms with Gasteiger partial charge in [0.05, 0.1) is 5.56 Å². The molecule has 2 aromatic rings. The Kier molecular flexibility index (Phi) is 3.69. The second-order valence-electron chi connectivity index (χ2n) is 5.73. The van der Waals surface area contributed by atoms with Crippen LogP contribution in [0, 0.1) is 18.8 Å². The number of nitrogen functional groups attached to an aromatic ring is 1. The maximum absolute atomic E-state index is 6.04. The third-order valence-electron chi connectivity index (χ3n) is 4.33. The smallest absolute Gasteiger partial charge is 0.149 e. The quantitative estimate of drug-likeness (QED) is 0.899. The second-order valence-corrected chi connectivity index (χ2v) is 7.36. The Hall–Kier alpha value is -1.14. The van der Waals surface area contributed by atoms with E-state index >= 15 is 0 Å². The van der Waals surface area contributed by atoms with Crippen LogP contribution in [0.15, 0.2) is 5.38 Å². The maximum Gasteiger partial charge on any atom is 0.149 e. The highest BCUT2D eigenvalue weighted by Gasteiger charge is 2.31. The van der Waals surface area contributed by atoms with E-state index in [1.807, 2.05) is 6.92 Å². The summed E-state index contributed by atoms with van der Waals surface area (Å²) in [7, 11) is 0. The van der Waals surface area contributed by atoms with Crippen LogP contribution < -0.4 is 11.1 Å². The standard InChI is InChI=1S/C14H20N4S2/c1-7-4-5-10(9(7)3)17-14-11(12(15)18-20-14)13-16-8(2)6-19-13/h6-7,9-10,17H,4-5H2,1-3H3,(H2,15,18). The van der Waals surface area contributed by atoms with E-state index in [0.29, 0.717) is 17.8 Å². The zero-order chi connectivity index (χ0) is 14.3. The fourth-order valence-electron chi connectivity index (χ4n) is 2.81. The van der Waals surface area contributed by atoms with E-state index in [0.717, 1.165) is 27.2 Å². The molecule has 108 valence electrons. The molecule has 0 radical (unpaired) electrons. The average Bonchev–Trinajstić information content (AvgIpc) is 3.06. The SMILES string of the molecule is Cc1csc(-c2c(N)nsc2NC2CCC(C)C2C)n1. The zero-order valence-corrected chi connectivity index (χ0v) is 13.6. The number of anilines is 2. The predicted molar refractivity (Wildman–Crippen MR) is 87.3 cm³/mol. The lowest BCUT2D eigenvalue weighted by molar-refractivity contribution is 0.436. The van der Waals surface area contributed by atoms with Gasteiger partial charge >= 0.3 is 0 Å². The summed E-state index contributed by atoms with van der Waals surface area (Å²) in [4.78, 5) is 4.55. The van der Waals surface area contributed by atoms with E-state index in [9.17, 15) is 0 Å². The van der Waals surface area contributed by atoms with E-state index in [-0.39, 0.29) is 0 Å². The van der Waals surface area contributed by atoms with Gasteiger partial charge in [0, 0.05) is 17.1 Å². The number of rotatable bonds is 3. The molecule has 0 saturated heterocycles. The van der Waals surface area contributed by atoms with E-state index in [1.54, 1.807) is 11.3 Å². The van der Waals surface area contributed by atoms with E-state index in [2.05, 4.69) is 33.9 Å². The Morgan fingerprint density at radius 3 is 2.75 bits per heavy atom. The summed E-state index contributed by atoms with van der Waals surface area (Å²) in [5, 5.41) is 7.75. The molecule has 3 unspecified atom stereocenters. The second kappa shape index (κ2) is 5.33. The number of hydrogen-bond donors (Lipinski definition) is 2. The van der Waals surface area contributed by atoms with Gasteiger partial charge in [0.15, 0.2) is 0 Å². The molecule has 6 heteroatoms. The normalized spacial score (nSPS) is 26.1. The van der Waals surface area contributed by atoms with E-state index < -0.39 is 0 Å². The first-order chi connectivity index (χ1) is 9.56. The molecule has 1 aliphatic rings. The number of nitrogens with zero attached hydrogens (tertiary/aromatic N) is 2. The van der Waals surface area contributed by atoms with Gasteiger partial charge in [0.2, 0.25) is 0 Å². The van der Waals surface area contributed by atoms with Crippen LogP contribution in [0.4, 0.5) is 10.8 Å². The molecule has 1 aliphatic carbocycles. The van der Waals surface area contributed by atoms with Crippen LogP contribution in [0.3, 0.4) is 0 Å². The molecule has 4 nitrogen and oxygen atoms in total. The Balaban J connectivity index is 1.88. The van der Waals surface area contributed by atoms with Crippen molar-refractivity contribution in [2.24, 2.45) is 11.8 Å². The van der Waals surface area contributed by atoms with Crippen LogP contribution in [0.1, 0.15) is 32.4 Å². The molecule has 1 saturated carbocycles. The van der Waals surface area contributed by atoms with Crippen molar-refractivity contribution in [1.29, 1.82) is 0 Å². The molecule has 0 spiro atoms. The van der Waals surface area contributed by atoms with Gasteiger partial charge in [-0.3, -0.25) is 0 Å². The molecule has 3 N–H and O–H groups in total. The first-order valence-corrected chi connectivity index (χ1v) is 8.65. The molecule has 20 heavy (non-hydrogen) atoms. The van der Waals surface area contributed by atoms with Crippen LogP contribution in [0.25, 0.3) is 10.6 Å². The first-order valence-electron chi connectivity index (χ1n) is 7.00. The number of aryl methyl sites for hydroxylation is 1. The van der Waals surface area contributed by atoms with Gasteiger partial charge in [0.25, 0.3) is 0 Å². The van der Waals surface area contributed by atoms with Gasteiger partial charge in [-0.2, -0.15) is 4.37 Å². The molecular weight excluding hydrogens is 288 g/mol. The van der Waals surface area contributed by atoms with Crippen molar-refractivity contribution >= 4 is 33.7 Å².